The lowest BCUT2D eigenvalue weighted by atomic mass is 10.2. The van der Waals surface area contributed by atoms with Crippen LogP contribution >= 0.6 is 24.0 Å². The molecular weight excluding hydrogens is 488 g/mol. The van der Waals surface area contributed by atoms with Crippen LogP contribution in [-0.2, 0) is 11.3 Å². The number of halogens is 2. The van der Waals surface area contributed by atoms with Gasteiger partial charge in [-0.15, -0.1) is 24.0 Å². The van der Waals surface area contributed by atoms with E-state index in [1.165, 1.54) is 13.2 Å². The molecule has 9 heteroatoms. The minimum absolute atomic E-state index is 0. The van der Waals surface area contributed by atoms with E-state index in [4.69, 9.17) is 4.74 Å². The zero-order chi connectivity index (χ0) is 20.5. The van der Waals surface area contributed by atoms with Crippen LogP contribution < -0.4 is 15.4 Å². The normalized spacial score (nSPS) is 15.1. The molecule has 0 unspecified atom stereocenters. The van der Waals surface area contributed by atoms with Gasteiger partial charge in [0.25, 0.3) is 0 Å². The smallest absolute Gasteiger partial charge is 0.222 e. The van der Waals surface area contributed by atoms with E-state index >= 15 is 0 Å². The van der Waals surface area contributed by atoms with E-state index in [2.05, 4.69) is 25.4 Å². The third-order valence-corrected chi connectivity index (χ3v) is 4.74. The summed E-state index contributed by atoms with van der Waals surface area (Å²) in [6, 6.07) is 5.11. The number of amides is 1. The maximum atomic E-state index is 13.9. The monoisotopic (exact) mass is 521 g/mol. The summed E-state index contributed by atoms with van der Waals surface area (Å²) in [7, 11) is 3.23. The minimum atomic E-state index is -0.326. The number of aliphatic imine (C=N–C) groups is 1. The lowest BCUT2D eigenvalue weighted by molar-refractivity contribution is -0.123. The fourth-order valence-corrected chi connectivity index (χ4v) is 3.08. The number of nitrogens with one attached hydrogen (secondary N) is 2. The molecule has 0 saturated carbocycles. The Balaban J connectivity index is 0.00000420. The van der Waals surface area contributed by atoms with E-state index in [9.17, 15) is 9.18 Å². The number of carbonyl (C=O) groups is 1. The predicted octanol–water partition coefficient (Wildman–Crippen LogP) is 1.92. The molecule has 1 saturated heterocycles. The Bertz CT molecular complexity index is 679. The van der Waals surface area contributed by atoms with Crippen molar-refractivity contribution in [1.29, 1.82) is 0 Å². The van der Waals surface area contributed by atoms with Crippen LogP contribution in [0.25, 0.3) is 0 Å². The molecule has 2 N–H and O–H groups in total. The largest absolute Gasteiger partial charge is 0.494 e. The van der Waals surface area contributed by atoms with Gasteiger partial charge in [-0.2, -0.15) is 0 Å². The summed E-state index contributed by atoms with van der Waals surface area (Å²) >= 11 is 0. The highest BCUT2D eigenvalue weighted by Crippen LogP contribution is 2.19. The number of guanidine groups is 1. The molecule has 7 nitrogen and oxygen atoms in total. The molecular formula is C20H33FIN5O2. The number of ether oxygens (including phenoxy) is 1. The first kappa shape index (κ1) is 25.4. The molecule has 1 aliphatic heterocycles. The molecule has 0 aliphatic carbocycles. The summed E-state index contributed by atoms with van der Waals surface area (Å²) in [4.78, 5) is 20.4. The van der Waals surface area contributed by atoms with Crippen molar-refractivity contribution < 1.29 is 13.9 Å². The Morgan fingerprint density at radius 3 is 2.41 bits per heavy atom. The van der Waals surface area contributed by atoms with Gasteiger partial charge in [0.15, 0.2) is 17.5 Å². The molecule has 2 rings (SSSR count). The first-order valence-corrected chi connectivity index (χ1v) is 9.72. The summed E-state index contributed by atoms with van der Waals surface area (Å²) < 4.78 is 18.8. The Kier molecular flexibility index (Phi) is 11.3. The van der Waals surface area contributed by atoms with Gasteiger partial charge in [0.2, 0.25) is 5.91 Å². The number of carbonyl (C=O) groups excluding carboxylic acids is 1. The van der Waals surface area contributed by atoms with Crippen LogP contribution in [0.2, 0.25) is 0 Å². The summed E-state index contributed by atoms with van der Waals surface area (Å²) in [6.45, 7) is 9.10. The second kappa shape index (κ2) is 12.8. The van der Waals surface area contributed by atoms with Gasteiger partial charge < -0.3 is 20.3 Å². The van der Waals surface area contributed by atoms with Crippen molar-refractivity contribution in [3.63, 3.8) is 0 Å². The summed E-state index contributed by atoms with van der Waals surface area (Å²) in [5, 5.41) is 6.19. The maximum Gasteiger partial charge on any atom is 0.222 e. The molecule has 1 aromatic rings. The Morgan fingerprint density at radius 2 is 1.86 bits per heavy atom. The highest BCUT2D eigenvalue weighted by molar-refractivity contribution is 14.0. The number of hydrogen-bond donors (Lipinski definition) is 2. The molecule has 1 amide bonds. The van der Waals surface area contributed by atoms with Crippen molar-refractivity contribution in [2.45, 2.75) is 20.4 Å². The van der Waals surface area contributed by atoms with E-state index in [1.807, 2.05) is 19.9 Å². The Labute approximate surface area is 190 Å². The van der Waals surface area contributed by atoms with Crippen LogP contribution in [0.1, 0.15) is 19.4 Å². The molecule has 1 fully saturated rings. The van der Waals surface area contributed by atoms with E-state index in [1.54, 1.807) is 13.1 Å². The number of hydrogen-bond acceptors (Lipinski definition) is 4. The number of nitrogens with zero attached hydrogens (tertiary/aromatic N) is 3. The maximum absolute atomic E-state index is 13.9. The van der Waals surface area contributed by atoms with Crippen LogP contribution in [0.4, 0.5) is 4.39 Å². The van der Waals surface area contributed by atoms with Crippen molar-refractivity contribution in [3.05, 3.63) is 29.6 Å². The van der Waals surface area contributed by atoms with E-state index in [0.717, 1.165) is 37.7 Å². The molecule has 0 bridgehead atoms. The Hall–Kier alpha value is -1.62. The molecule has 29 heavy (non-hydrogen) atoms. The highest BCUT2D eigenvalue weighted by Gasteiger charge is 2.20. The van der Waals surface area contributed by atoms with Crippen LogP contribution in [-0.4, -0.2) is 75.1 Å². The highest BCUT2D eigenvalue weighted by atomic mass is 127. The van der Waals surface area contributed by atoms with Gasteiger partial charge in [-0.05, 0) is 17.7 Å². The lowest BCUT2D eigenvalue weighted by Crippen LogP contribution is -2.53. The molecule has 0 aromatic heterocycles. The van der Waals surface area contributed by atoms with Crippen LogP contribution in [0.3, 0.4) is 0 Å². The van der Waals surface area contributed by atoms with Crippen molar-refractivity contribution in [2.75, 3.05) is 53.4 Å². The fraction of sp³-hybridized carbons (Fsp3) is 0.600. The minimum Gasteiger partial charge on any atom is -0.494 e. The third-order valence-electron chi connectivity index (χ3n) is 4.74. The van der Waals surface area contributed by atoms with Crippen LogP contribution in [0.15, 0.2) is 23.2 Å². The van der Waals surface area contributed by atoms with Crippen molar-refractivity contribution in [2.24, 2.45) is 10.9 Å². The van der Waals surface area contributed by atoms with Gasteiger partial charge in [0.05, 0.1) is 7.11 Å². The van der Waals surface area contributed by atoms with Gasteiger partial charge >= 0.3 is 0 Å². The quantitative estimate of drug-likeness (QED) is 0.249. The topological polar surface area (TPSA) is 69.2 Å². The first-order valence-electron chi connectivity index (χ1n) is 9.72. The molecule has 1 aliphatic rings. The third kappa shape index (κ3) is 7.96. The zero-order valence-corrected chi connectivity index (χ0v) is 20.0. The van der Waals surface area contributed by atoms with E-state index in [0.29, 0.717) is 19.6 Å². The SMILES string of the molecule is CN=C(NCCNC(=O)C(C)C)N1CCN(Cc2ccc(OC)c(F)c2)CC1.I. The number of methoxy groups -OCH3 is 1. The van der Waals surface area contributed by atoms with Crippen LogP contribution in [0.5, 0.6) is 5.75 Å². The number of rotatable bonds is 7. The molecule has 164 valence electrons. The van der Waals surface area contributed by atoms with Gasteiger partial charge in [-0.1, -0.05) is 19.9 Å². The average molecular weight is 521 g/mol. The van der Waals surface area contributed by atoms with E-state index in [-0.39, 0.29) is 47.4 Å². The van der Waals surface area contributed by atoms with Gasteiger partial charge in [-0.3, -0.25) is 14.7 Å². The van der Waals surface area contributed by atoms with Crippen molar-refractivity contribution >= 4 is 35.8 Å². The standard InChI is InChI=1S/C20H32FN5O2.HI/c1-15(2)19(27)23-7-8-24-20(22-3)26-11-9-25(10-12-26)14-16-5-6-18(28-4)17(21)13-16;/h5-6,13,15H,7-12,14H2,1-4H3,(H,22,24)(H,23,27);1H. The van der Waals surface area contributed by atoms with Crippen molar-refractivity contribution in [3.8, 4) is 5.75 Å². The first-order chi connectivity index (χ1) is 13.4. The zero-order valence-electron chi connectivity index (χ0n) is 17.7. The van der Waals surface area contributed by atoms with E-state index < -0.39 is 0 Å². The van der Waals surface area contributed by atoms with Crippen molar-refractivity contribution in [1.82, 2.24) is 20.4 Å². The second-order valence-electron chi connectivity index (χ2n) is 7.15. The molecule has 1 heterocycles. The molecule has 1 aromatic carbocycles. The molecule has 0 spiro atoms. The number of piperazine rings is 1. The predicted molar refractivity (Wildman–Crippen MR) is 124 cm³/mol. The van der Waals surface area contributed by atoms with Gasteiger partial charge in [0.1, 0.15) is 0 Å². The molecule has 0 radical (unpaired) electrons. The number of benzene rings is 1. The summed E-state index contributed by atoms with van der Waals surface area (Å²) in [6.07, 6.45) is 0. The fourth-order valence-electron chi connectivity index (χ4n) is 3.08. The van der Waals surface area contributed by atoms with Gasteiger partial charge in [0, 0.05) is 58.8 Å². The second-order valence-corrected chi connectivity index (χ2v) is 7.15. The molecule has 0 atom stereocenters. The summed E-state index contributed by atoms with van der Waals surface area (Å²) in [5.41, 5.74) is 0.940. The average Bonchev–Trinajstić information content (AvgIpc) is 2.69. The summed E-state index contributed by atoms with van der Waals surface area (Å²) in [5.74, 6) is 0.835. The van der Waals surface area contributed by atoms with Crippen LogP contribution in [0, 0.1) is 11.7 Å². The van der Waals surface area contributed by atoms with Gasteiger partial charge in [-0.25, -0.2) is 4.39 Å². The Morgan fingerprint density at radius 1 is 1.21 bits per heavy atom. The lowest BCUT2D eigenvalue weighted by Gasteiger charge is -2.36.